The first-order valence-corrected chi connectivity index (χ1v) is 7.99. The topological polar surface area (TPSA) is 67.4 Å². The molecule has 0 unspecified atom stereocenters. The molecular formula is C17H26N2O3. The van der Waals surface area contributed by atoms with E-state index in [4.69, 9.17) is 4.74 Å². The summed E-state index contributed by atoms with van der Waals surface area (Å²) in [4.78, 5) is 23.1. The molecule has 0 aliphatic heterocycles. The lowest BCUT2D eigenvalue weighted by Crippen LogP contribution is -2.41. The maximum Gasteiger partial charge on any atom is 0.269 e. The molecule has 0 aliphatic carbocycles. The molecule has 5 heteroatoms. The van der Waals surface area contributed by atoms with Gasteiger partial charge in [-0.05, 0) is 37.1 Å². The van der Waals surface area contributed by atoms with E-state index in [0.29, 0.717) is 18.6 Å². The van der Waals surface area contributed by atoms with Crippen molar-refractivity contribution >= 4 is 11.8 Å². The fraction of sp³-hybridized carbons (Fsp3) is 0.529. The van der Waals surface area contributed by atoms with Crippen molar-refractivity contribution in [2.45, 2.75) is 52.4 Å². The van der Waals surface area contributed by atoms with Gasteiger partial charge in [-0.25, -0.2) is 0 Å². The first kappa shape index (κ1) is 18.0. The van der Waals surface area contributed by atoms with Crippen LogP contribution >= 0.6 is 0 Å². The monoisotopic (exact) mass is 306 g/mol. The minimum atomic E-state index is -0.334. The predicted octanol–water partition coefficient (Wildman–Crippen LogP) is 3.21. The van der Waals surface area contributed by atoms with Gasteiger partial charge in [0, 0.05) is 12.0 Å². The van der Waals surface area contributed by atoms with E-state index in [-0.39, 0.29) is 11.8 Å². The second-order valence-electron chi connectivity index (χ2n) is 5.19. The Morgan fingerprint density at radius 1 is 0.955 bits per heavy atom. The molecular weight excluding hydrogens is 280 g/mol. The van der Waals surface area contributed by atoms with Crippen molar-refractivity contribution in [3.63, 3.8) is 0 Å². The SMILES string of the molecule is CCCCCCOc1ccc(C(=O)NNC(=O)CCC)cc1. The summed E-state index contributed by atoms with van der Waals surface area (Å²) in [7, 11) is 0. The normalized spacial score (nSPS) is 10.1. The van der Waals surface area contributed by atoms with Crippen molar-refractivity contribution in [1.82, 2.24) is 10.9 Å². The van der Waals surface area contributed by atoms with Crippen LogP contribution in [0.25, 0.3) is 0 Å². The zero-order valence-electron chi connectivity index (χ0n) is 13.5. The minimum Gasteiger partial charge on any atom is -0.494 e. The molecule has 2 amide bonds. The Morgan fingerprint density at radius 2 is 1.68 bits per heavy atom. The van der Waals surface area contributed by atoms with E-state index in [1.165, 1.54) is 19.3 Å². The lowest BCUT2D eigenvalue weighted by molar-refractivity contribution is -0.121. The largest absolute Gasteiger partial charge is 0.494 e. The molecule has 1 aromatic rings. The maximum absolute atomic E-state index is 11.8. The Labute approximate surface area is 132 Å². The number of amides is 2. The summed E-state index contributed by atoms with van der Waals surface area (Å²) in [6.45, 7) is 4.77. The van der Waals surface area contributed by atoms with Crippen molar-refractivity contribution in [2.75, 3.05) is 6.61 Å². The van der Waals surface area contributed by atoms with Crippen LogP contribution in [-0.2, 0) is 4.79 Å². The standard InChI is InChI=1S/C17H26N2O3/c1-3-5-6-7-13-22-15-11-9-14(10-12-15)17(21)19-18-16(20)8-4-2/h9-12H,3-8,13H2,1-2H3,(H,18,20)(H,19,21). The number of rotatable bonds is 9. The van der Waals surface area contributed by atoms with Crippen LogP contribution in [0.5, 0.6) is 5.75 Å². The van der Waals surface area contributed by atoms with E-state index >= 15 is 0 Å². The summed E-state index contributed by atoms with van der Waals surface area (Å²) in [5.41, 5.74) is 5.25. The average Bonchev–Trinajstić information content (AvgIpc) is 2.53. The van der Waals surface area contributed by atoms with Gasteiger partial charge in [0.1, 0.15) is 5.75 Å². The molecule has 1 rings (SSSR count). The van der Waals surface area contributed by atoms with Gasteiger partial charge in [-0.1, -0.05) is 33.1 Å². The number of benzene rings is 1. The Morgan fingerprint density at radius 3 is 2.32 bits per heavy atom. The van der Waals surface area contributed by atoms with Gasteiger partial charge in [-0.15, -0.1) is 0 Å². The smallest absolute Gasteiger partial charge is 0.269 e. The van der Waals surface area contributed by atoms with Gasteiger partial charge in [-0.2, -0.15) is 0 Å². The third-order valence-electron chi connectivity index (χ3n) is 3.18. The second kappa shape index (κ2) is 10.7. The van der Waals surface area contributed by atoms with Crippen LogP contribution < -0.4 is 15.6 Å². The summed E-state index contributed by atoms with van der Waals surface area (Å²) in [5.74, 6) is 0.227. The summed E-state index contributed by atoms with van der Waals surface area (Å²) in [6.07, 6.45) is 5.79. The molecule has 0 fully saturated rings. The average molecular weight is 306 g/mol. The fourth-order valence-corrected chi connectivity index (χ4v) is 1.91. The predicted molar refractivity (Wildman–Crippen MR) is 86.6 cm³/mol. The van der Waals surface area contributed by atoms with Crippen molar-refractivity contribution < 1.29 is 14.3 Å². The van der Waals surface area contributed by atoms with Gasteiger partial charge in [0.2, 0.25) is 5.91 Å². The maximum atomic E-state index is 11.8. The number of unbranched alkanes of at least 4 members (excludes halogenated alkanes) is 3. The first-order chi connectivity index (χ1) is 10.7. The molecule has 0 bridgehead atoms. The first-order valence-electron chi connectivity index (χ1n) is 7.99. The Kier molecular flexibility index (Phi) is 8.72. The van der Waals surface area contributed by atoms with Crippen molar-refractivity contribution in [3.8, 4) is 5.75 Å². The van der Waals surface area contributed by atoms with Gasteiger partial charge in [-0.3, -0.25) is 20.4 Å². The summed E-state index contributed by atoms with van der Waals surface area (Å²) in [5, 5.41) is 0. The van der Waals surface area contributed by atoms with E-state index in [1.54, 1.807) is 24.3 Å². The van der Waals surface area contributed by atoms with E-state index in [2.05, 4.69) is 17.8 Å². The molecule has 0 aromatic heterocycles. The Balaban J connectivity index is 2.34. The molecule has 22 heavy (non-hydrogen) atoms. The molecule has 5 nitrogen and oxygen atoms in total. The number of nitrogens with one attached hydrogen (secondary N) is 2. The number of ether oxygens (including phenoxy) is 1. The third-order valence-corrected chi connectivity index (χ3v) is 3.18. The Bertz CT molecular complexity index is 457. The molecule has 0 radical (unpaired) electrons. The third kappa shape index (κ3) is 7.11. The van der Waals surface area contributed by atoms with E-state index < -0.39 is 0 Å². The highest BCUT2D eigenvalue weighted by Crippen LogP contribution is 2.13. The number of carbonyl (C=O) groups is 2. The highest BCUT2D eigenvalue weighted by atomic mass is 16.5. The van der Waals surface area contributed by atoms with E-state index in [0.717, 1.165) is 18.6 Å². The van der Waals surface area contributed by atoms with Gasteiger partial charge in [0.15, 0.2) is 0 Å². The van der Waals surface area contributed by atoms with Crippen LogP contribution in [0.4, 0.5) is 0 Å². The van der Waals surface area contributed by atoms with E-state index in [1.807, 2.05) is 6.92 Å². The van der Waals surface area contributed by atoms with Gasteiger partial charge >= 0.3 is 0 Å². The highest BCUT2D eigenvalue weighted by Gasteiger charge is 2.07. The lowest BCUT2D eigenvalue weighted by atomic mass is 10.2. The van der Waals surface area contributed by atoms with Crippen LogP contribution in [0.3, 0.4) is 0 Å². The van der Waals surface area contributed by atoms with Crippen LogP contribution in [0.1, 0.15) is 62.7 Å². The van der Waals surface area contributed by atoms with Crippen molar-refractivity contribution in [2.24, 2.45) is 0 Å². The zero-order chi connectivity index (χ0) is 16.2. The molecule has 0 saturated heterocycles. The molecule has 122 valence electrons. The van der Waals surface area contributed by atoms with Crippen molar-refractivity contribution in [3.05, 3.63) is 29.8 Å². The lowest BCUT2D eigenvalue weighted by Gasteiger charge is -2.08. The summed E-state index contributed by atoms with van der Waals surface area (Å²) < 4.78 is 5.62. The molecule has 0 aliphatic rings. The van der Waals surface area contributed by atoms with Crippen molar-refractivity contribution in [1.29, 1.82) is 0 Å². The summed E-state index contributed by atoms with van der Waals surface area (Å²) >= 11 is 0. The molecule has 0 spiro atoms. The van der Waals surface area contributed by atoms with Gasteiger partial charge in [0.05, 0.1) is 6.61 Å². The number of hydrogen-bond acceptors (Lipinski definition) is 3. The van der Waals surface area contributed by atoms with Crippen LogP contribution in [-0.4, -0.2) is 18.4 Å². The summed E-state index contributed by atoms with van der Waals surface area (Å²) in [6, 6.07) is 6.90. The highest BCUT2D eigenvalue weighted by molar-refractivity contribution is 5.95. The number of hydrogen-bond donors (Lipinski definition) is 2. The number of carbonyl (C=O) groups excluding carboxylic acids is 2. The van der Waals surface area contributed by atoms with Gasteiger partial charge in [0.25, 0.3) is 5.91 Å². The molecule has 0 atom stereocenters. The Hall–Kier alpha value is -2.04. The van der Waals surface area contributed by atoms with Crippen LogP contribution in [0, 0.1) is 0 Å². The molecule has 2 N–H and O–H groups in total. The second-order valence-corrected chi connectivity index (χ2v) is 5.19. The molecule has 1 aromatic carbocycles. The van der Waals surface area contributed by atoms with Crippen LogP contribution in [0.2, 0.25) is 0 Å². The minimum absolute atomic E-state index is 0.192. The molecule has 0 saturated carbocycles. The fourth-order valence-electron chi connectivity index (χ4n) is 1.91. The molecule has 0 heterocycles. The van der Waals surface area contributed by atoms with E-state index in [9.17, 15) is 9.59 Å². The number of hydrazine groups is 1. The van der Waals surface area contributed by atoms with Crippen LogP contribution in [0.15, 0.2) is 24.3 Å². The quantitative estimate of drug-likeness (QED) is 0.544. The van der Waals surface area contributed by atoms with Gasteiger partial charge < -0.3 is 4.74 Å². The zero-order valence-corrected chi connectivity index (χ0v) is 13.5.